The lowest BCUT2D eigenvalue weighted by atomic mass is 9.73. The number of likely N-dealkylation sites (tertiary alicyclic amines) is 1. The molecule has 2 fully saturated rings. The smallest absolute Gasteiger partial charge is 0.416 e. The quantitative estimate of drug-likeness (QED) is 0.817. The molecule has 0 radical (unpaired) electrons. The molecule has 1 heterocycles. The first-order chi connectivity index (χ1) is 12.6. The monoisotopic (exact) mass is 385 g/mol. The van der Waals surface area contributed by atoms with Gasteiger partial charge in [0.25, 0.3) is 0 Å². The zero-order chi connectivity index (χ0) is 19.8. The van der Waals surface area contributed by atoms with E-state index in [1.165, 1.54) is 17.0 Å². The van der Waals surface area contributed by atoms with Crippen molar-refractivity contribution in [1.29, 1.82) is 0 Å². The van der Waals surface area contributed by atoms with E-state index in [1.54, 1.807) is 0 Å². The molecule has 0 spiro atoms. The number of carbonyl (C=O) groups is 2. The second-order valence-electron chi connectivity index (χ2n) is 7.60. The van der Waals surface area contributed by atoms with Gasteiger partial charge in [-0.2, -0.15) is 13.2 Å². The first-order valence-electron chi connectivity index (χ1n) is 8.97. The highest BCUT2D eigenvalue weighted by Crippen LogP contribution is 2.45. The molecule has 0 unspecified atom stereocenters. The second-order valence-corrected chi connectivity index (χ2v) is 7.60. The third kappa shape index (κ3) is 4.26. The fraction of sp³-hybridized carbons (Fsp3) is 0.579. The zero-order valence-corrected chi connectivity index (χ0v) is 14.7. The molecule has 1 amide bonds. The number of hydrogen-bond acceptors (Lipinski definition) is 3. The molecule has 5 nitrogen and oxygen atoms in total. The molecule has 2 aliphatic rings. The largest absolute Gasteiger partial charge is 0.481 e. The summed E-state index contributed by atoms with van der Waals surface area (Å²) in [6.45, 7) is 0.0798. The summed E-state index contributed by atoms with van der Waals surface area (Å²) in [6.07, 6.45) is -3.46. The van der Waals surface area contributed by atoms with Gasteiger partial charge in [0.2, 0.25) is 5.91 Å². The minimum Gasteiger partial charge on any atom is -0.481 e. The van der Waals surface area contributed by atoms with E-state index in [9.17, 15) is 33.0 Å². The minimum atomic E-state index is -4.49. The van der Waals surface area contributed by atoms with E-state index in [0.717, 1.165) is 25.0 Å². The highest BCUT2D eigenvalue weighted by atomic mass is 19.4. The number of aliphatic hydroxyl groups excluding tert-OH is 1. The molecular formula is C19H22F3NO4. The predicted octanol–water partition coefficient (Wildman–Crippen LogP) is 2.71. The van der Waals surface area contributed by atoms with Crippen LogP contribution in [-0.2, 0) is 22.2 Å². The number of rotatable bonds is 5. The van der Waals surface area contributed by atoms with Crippen LogP contribution in [0.4, 0.5) is 13.2 Å². The summed E-state index contributed by atoms with van der Waals surface area (Å²) in [7, 11) is 0. The van der Waals surface area contributed by atoms with Crippen molar-refractivity contribution in [1.82, 2.24) is 4.90 Å². The molecule has 148 valence electrons. The first kappa shape index (κ1) is 19.7. The van der Waals surface area contributed by atoms with Gasteiger partial charge in [-0.05, 0) is 30.4 Å². The van der Waals surface area contributed by atoms with Crippen LogP contribution < -0.4 is 0 Å². The Hall–Kier alpha value is -2.09. The Morgan fingerprint density at radius 1 is 1.22 bits per heavy atom. The van der Waals surface area contributed by atoms with Crippen molar-refractivity contribution in [3.63, 3.8) is 0 Å². The average Bonchev–Trinajstić information content (AvgIpc) is 3.40. The van der Waals surface area contributed by atoms with Gasteiger partial charge in [-0.1, -0.05) is 31.0 Å². The van der Waals surface area contributed by atoms with Crippen LogP contribution in [0.15, 0.2) is 24.3 Å². The number of carbonyl (C=O) groups excluding carboxylic acids is 1. The Bertz CT molecular complexity index is 732. The van der Waals surface area contributed by atoms with Gasteiger partial charge < -0.3 is 15.1 Å². The third-order valence-corrected chi connectivity index (χ3v) is 5.52. The summed E-state index contributed by atoms with van der Waals surface area (Å²) in [5, 5.41) is 20.1. The normalized spacial score (nSPS) is 26.1. The zero-order valence-electron chi connectivity index (χ0n) is 14.7. The van der Waals surface area contributed by atoms with Crippen molar-refractivity contribution in [2.24, 2.45) is 11.3 Å². The van der Waals surface area contributed by atoms with E-state index in [2.05, 4.69) is 0 Å². The van der Waals surface area contributed by atoms with Crippen molar-refractivity contribution < 1.29 is 33.0 Å². The van der Waals surface area contributed by atoms with Gasteiger partial charge in [0, 0.05) is 13.1 Å². The van der Waals surface area contributed by atoms with Crippen LogP contribution in [0.5, 0.6) is 0 Å². The van der Waals surface area contributed by atoms with Gasteiger partial charge in [-0.25, -0.2) is 0 Å². The number of alkyl halides is 3. The molecule has 1 saturated heterocycles. The maximum Gasteiger partial charge on any atom is 0.416 e. The van der Waals surface area contributed by atoms with Gasteiger partial charge >= 0.3 is 12.1 Å². The molecule has 1 saturated carbocycles. The molecule has 8 heteroatoms. The number of carboxylic acids is 1. The number of nitrogens with zero attached hydrogens (tertiary/aromatic N) is 1. The van der Waals surface area contributed by atoms with Crippen molar-refractivity contribution >= 4 is 11.9 Å². The number of benzene rings is 1. The molecule has 2 N–H and O–H groups in total. The Kier molecular flexibility index (Phi) is 5.20. The predicted molar refractivity (Wildman–Crippen MR) is 89.8 cm³/mol. The van der Waals surface area contributed by atoms with Crippen molar-refractivity contribution in [2.75, 3.05) is 13.1 Å². The summed E-state index contributed by atoms with van der Waals surface area (Å²) in [5.41, 5.74) is -2.00. The van der Waals surface area contributed by atoms with Crippen LogP contribution in [0.1, 0.15) is 36.8 Å². The van der Waals surface area contributed by atoms with E-state index in [0.29, 0.717) is 6.42 Å². The molecule has 1 aromatic carbocycles. The maximum atomic E-state index is 12.8. The number of aliphatic hydroxyl groups is 1. The standard InChI is InChI=1S/C19H22F3NO4/c20-19(21,22)14-3-1-2-13(8-14)9-16(25)23-7-6-15(24)18(11-23,17(26)27)10-12-4-5-12/h1-3,8,12,15,24H,4-7,9-11H2,(H,26,27)/t15-,18-/m1/s1. The average molecular weight is 385 g/mol. The second kappa shape index (κ2) is 7.14. The van der Waals surface area contributed by atoms with E-state index in [-0.39, 0.29) is 37.4 Å². The van der Waals surface area contributed by atoms with Crippen molar-refractivity contribution in [2.45, 2.75) is 44.4 Å². The molecule has 1 aromatic rings. The highest BCUT2D eigenvalue weighted by Gasteiger charge is 2.52. The summed E-state index contributed by atoms with van der Waals surface area (Å²) in [5.74, 6) is -1.31. The van der Waals surface area contributed by atoms with E-state index < -0.39 is 35.1 Å². The van der Waals surface area contributed by atoms with Crippen molar-refractivity contribution in [3.8, 4) is 0 Å². The van der Waals surface area contributed by atoms with Gasteiger partial charge in [-0.15, -0.1) is 0 Å². The van der Waals surface area contributed by atoms with Crippen LogP contribution in [0.2, 0.25) is 0 Å². The van der Waals surface area contributed by atoms with Crippen LogP contribution in [0.25, 0.3) is 0 Å². The number of piperidine rings is 1. The molecule has 1 aliphatic carbocycles. The number of hydrogen-bond donors (Lipinski definition) is 2. The Labute approximate surface area is 154 Å². The fourth-order valence-corrected chi connectivity index (χ4v) is 3.77. The van der Waals surface area contributed by atoms with E-state index in [4.69, 9.17) is 0 Å². The lowest BCUT2D eigenvalue weighted by molar-refractivity contribution is -0.167. The topological polar surface area (TPSA) is 77.8 Å². The van der Waals surface area contributed by atoms with E-state index >= 15 is 0 Å². The first-order valence-corrected chi connectivity index (χ1v) is 8.97. The Morgan fingerprint density at radius 3 is 2.52 bits per heavy atom. The SMILES string of the molecule is O=C(Cc1cccc(C(F)(F)F)c1)N1CC[C@@H](O)[C@](CC2CC2)(C(=O)O)C1. The maximum absolute atomic E-state index is 12.8. The number of aliphatic carboxylic acids is 1. The number of amides is 1. The molecule has 3 rings (SSSR count). The highest BCUT2D eigenvalue weighted by molar-refractivity contribution is 5.81. The van der Waals surface area contributed by atoms with E-state index in [1.807, 2.05) is 0 Å². The van der Waals surface area contributed by atoms with Crippen LogP contribution >= 0.6 is 0 Å². The summed E-state index contributed by atoms with van der Waals surface area (Å²) in [4.78, 5) is 25.9. The van der Waals surface area contributed by atoms with Crippen LogP contribution in [0.3, 0.4) is 0 Å². The summed E-state index contributed by atoms with van der Waals surface area (Å²) < 4.78 is 38.5. The van der Waals surface area contributed by atoms with Crippen LogP contribution in [0, 0.1) is 11.3 Å². The molecule has 2 atom stereocenters. The summed E-state index contributed by atoms with van der Waals surface area (Å²) >= 11 is 0. The number of carboxylic acid groups (broad SMARTS) is 1. The molecule has 1 aliphatic heterocycles. The van der Waals surface area contributed by atoms with Gasteiger partial charge in [0.15, 0.2) is 0 Å². The lowest BCUT2D eigenvalue weighted by Gasteiger charge is -2.43. The lowest BCUT2D eigenvalue weighted by Crippen LogP contribution is -2.57. The van der Waals surface area contributed by atoms with Crippen molar-refractivity contribution in [3.05, 3.63) is 35.4 Å². The fourth-order valence-electron chi connectivity index (χ4n) is 3.77. The van der Waals surface area contributed by atoms with Gasteiger partial charge in [0.05, 0.1) is 18.1 Å². The Morgan fingerprint density at radius 2 is 1.93 bits per heavy atom. The minimum absolute atomic E-state index is 0.113. The third-order valence-electron chi connectivity index (χ3n) is 5.52. The molecule has 0 aromatic heterocycles. The number of halogens is 3. The summed E-state index contributed by atoms with van der Waals surface area (Å²) in [6, 6.07) is 4.57. The molecule has 27 heavy (non-hydrogen) atoms. The van der Waals surface area contributed by atoms with Crippen LogP contribution in [-0.4, -0.2) is 46.2 Å². The molecular weight excluding hydrogens is 363 g/mol. The Balaban J connectivity index is 1.74. The molecule has 0 bridgehead atoms. The van der Waals surface area contributed by atoms with Gasteiger partial charge in [0.1, 0.15) is 5.41 Å². The van der Waals surface area contributed by atoms with Gasteiger partial charge in [-0.3, -0.25) is 9.59 Å².